The topological polar surface area (TPSA) is 96.4 Å². The van der Waals surface area contributed by atoms with Gasteiger partial charge in [-0.1, -0.05) is 65.7 Å². The molecule has 3 aliphatic heterocycles. The highest BCUT2D eigenvalue weighted by atomic mass is 79.9. The van der Waals surface area contributed by atoms with Crippen LogP contribution in [0.3, 0.4) is 0 Å². The molecule has 0 aliphatic carbocycles. The molecule has 0 radical (unpaired) electrons. The standard InChI is InChI=1S/C29H36BrClN2O6/c1-5-7-13-38-28(37)22-23-26(35)33(18(16-34)14-17(3)4)25(29(23)15-19(30)24(22)39-29)27(36)32(12-6-2)21-11-9-8-10-20(21)31/h5-6,8-11,17-19,22-25,34H,1-2,7,12-16H2,3-4H3/t18-,19?,22+,23+,24+,25?,29?/m1/s1. The Labute approximate surface area is 243 Å². The van der Waals surface area contributed by atoms with Crippen LogP contribution in [-0.2, 0) is 23.9 Å². The number of fused-ring (bicyclic) bond motifs is 1. The number of carbonyl (C=O) groups is 3. The van der Waals surface area contributed by atoms with E-state index < -0.39 is 47.5 Å². The second-order valence-corrected chi connectivity index (χ2v) is 12.4. The Balaban J connectivity index is 1.83. The molecule has 8 nitrogen and oxygen atoms in total. The van der Waals surface area contributed by atoms with E-state index in [1.165, 1.54) is 9.80 Å². The van der Waals surface area contributed by atoms with Crippen molar-refractivity contribution in [3.8, 4) is 0 Å². The number of nitrogens with zero attached hydrogens (tertiary/aromatic N) is 2. The van der Waals surface area contributed by atoms with E-state index in [9.17, 15) is 19.5 Å². The smallest absolute Gasteiger partial charge is 0.312 e. The predicted molar refractivity (Wildman–Crippen MR) is 153 cm³/mol. The maximum Gasteiger partial charge on any atom is 0.312 e. The zero-order valence-corrected chi connectivity index (χ0v) is 24.6. The Hall–Kier alpha value is -2.20. The molecule has 39 heavy (non-hydrogen) atoms. The third kappa shape index (κ3) is 5.19. The van der Waals surface area contributed by atoms with Crippen LogP contribution in [0, 0.1) is 17.8 Å². The maximum atomic E-state index is 14.6. The van der Waals surface area contributed by atoms with Gasteiger partial charge in [0.25, 0.3) is 5.91 Å². The summed E-state index contributed by atoms with van der Waals surface area (Å²) >= 11 is 10.2. The number of hydrogen-bond donors (Lipinski definition) is 1. The minimum atomic E-state index is -1.28. The average molecular weight is 624 g/mol. The van der Waals surface area contributed by atoms with Crippen LogP contribution in [0.5, 0.6) is 0 Å². The largest absolute Gasteiger partial charge is 0.465 e. The van der Waals surface area contributed by atoms with Crippen LogP contribution in [-0.4, -0.2) is 76.2 Å². The Morgan fingerprint density at radius 3 is 2.67 bits per heavy atom. The van der Waals surface area contributed by atoms with Gasteiger partial charge in [-0.05, 0) is 37.3 Å². The summed E-state index contributed by atoms with van der Waals surface area (Å²) in [6, 6.07) is 5.25. The number of likely N-dealkylation sites (tertiary alicyclic amines) is 1. The molecule has 2 bridgehead atoms. The highest BCUT2D eigenvalue weighted by molar-refractivity contribution is 9.09. The van der Waals surface area contributed by atoms with Gasteiger partial charge in [0.15, 0.2) is 0 Å². The van der Waals surface area contributed by atoms with E-state index in [-0.39, 0.29) is 36.4 Å². The fraction of sp³-hybridized carbons (Fsp3) is 0.552. The van der Waals surface area contributed by atoms with Crippen LogP contribution in [0.1, 0.15) is 33.1 Å². The third-order valence-electron chi connectivity index (χ3n) is 7.87. The van der Waals surface area contributed by atoms with Crippen LogP contribution in [0.15, 0.2) is 49.6 Å². The van der Waals surface area contributed by atoms with E-state index in [0.29, 0.717) is 30.0 Å². The van der Waals surface area contributed by atoms with E-state index in [4.69, 9.17) is 21.1 Å². The molecule has 212 valence electrons. The van der Waals surface area contributed by atoms with Gasteiger partial charge in [0.1, 0.15) is 11.6 Å². The van der Waals surface area contributed by atoms with Crippen LogP contribution in [0.4, 0.5) is 5.69 Å². The fourth-order valence-corrected chi connectivity index (χ4v) is 7.60. The first-order chi connectivity index (χ1) is 18.6. The minimum Gasteiger partial charge on any atom is -0.465 e. The van der Waals surface area contributed by atoms with Gasteiger partial charge < -0.3 is 24.4 Å². The van der Waals surface area contributed by atoms with Crippen molar-refractivity contribution in [2.75, 3.05) is 24.7 Å². The molecule has 4 rings (SSSR count). The summed E-state index contributed by atoms with van der Waals surface area (Å²) in [5.74, 6) is -2.97. The number of hydrogen-bond acceptors (Lipinski definition) is 6. The van der Waals surface area contributed by atoms with Crippen LogP contribution < -0.4 is 4.90 Å². The molecule has 0 aromatic heterocycles. The lowest BCUT2D eigenvalue weighted by molar-refractivity contribution is -0.155. The quantitative estimate of drug-likeness (QED) is 0.163. The molecule has 1 spiro atoms. The molecule has 2 amide bonds. The first-order valence-corrected chi connectivity index (χ1v) is 14.6. The van der Waals surface area contributed by atoms with Crippen molar-refractivity contribution in [1.82, 2.24) is 4.90 Å². The summed E-state index contributed by atoms with van der Waals surface area (Å²) in [5, 5.41) is 10.8. The van der Waals surface area contributed by atoms with E-state index in [2.05, 4.69) is 29.1 Å². The van der Waals surface area contributed by atoms with Gasteiger partial charge >= 0.3 is 5.97 Å². The summed E-state index contributed by atoms with van der Waals surface area (Å²) in [4.78, 5) is 44.9. The van der Waals surface area contributed by atoms with Crippen molar-refractivity contribution in [3.05, 3.63) is 54.6 Å². The van der Waals surface area contributed by atoms with Crippen molar-refractivity contribution in [3.63, 3.8) is 0 Å². The zero-order valence-electron chi connectivity index (χ0n) is 22.3. The van der Waals surface area contributed by atoms with Gasteiger partial charge in [0.05, 0.1) is 47.9 Å². The maximum absolute atomic E-state index is 14.6. The van der Waals surface area contributed by atoms with Gasteiger partial charge in [0.2, 0.25) is 5.91 Å². The molecule has 10 heteroatoms. The number of esters is 1. The monoisotopic (exact) mass is 622 g/mol. The Bertz CT molecular complexity index is 1130. The molecule has 3 saturated heterocycles. The number of anilines is 1. The summed E-state index contributed by atoms with van der Waals surface area (Å²) < 4.78 is 12.1. The molecule has 7 atom stereocenters. The molecule has 3 heterocycles. The Morgan fingerprint density at radius 2 is 2.05 bits per heavy atom. The molecule has 1 aromatic rings. The van der Waals surface area contributed by atoms with Crippen LogP contribution in [0.2, 0.25) is 5.02 Å². The lowest BCUT2D eigenvalue weighted by atomic mass is 9.70. The first kappa shape index (κ1) is 29.8. The van der Waals surface area contributed by atoms with Gasteiger partial charge in [-0.2, -0.15) is 0 Å². The average Bonchev–Trinajstić information content (AvgIpc) is 3.49. The van der Waals surface area contributed by atoms with Gasteiger partial charge in [0, 0.05) is 11.4 Å². The molecule has 3 aliphatic rings. The lowest BCUT2D eigenvalue weighted by Crippen LogP contribution is -2.59. The van der Waals surface area contributed by atoms with Crippen LogP contribution in [0.25, 0.3) is 0 Å². The van der Waals surface area contributed by atoms with Crippen LogP contribution >= 0.6 is 27.5 Å². The normalized spacial score (nSPS) is 29.8. The van der Waals surface area contributed by atoms with E-state index in [0.717, 1.165) is 0 Å². The second kappa shape index (κ2) is 12.1. The molecular formula is C29H36BrClN2O6. The predicted octanol–water partition coefficient (Wildman–Crippen LogP) is 4.13. The number of para-hydroxylation sites is 1. The van der Waals surface area contributed by atoms with E-state index in [1.807, 2.05) is 13.8 Å². The van der Waals surface area contributed by atoms with Crippen molar-refractivity contribution >= 4 is 51.0 Å². The highest BCUT2D eigenvalue weighted by Crippen LogP contribution is 2.61. The molecular weight excluding hydrogens is 588 g/mol. The van der Waals surface area contributed by atoms with E-state index in [1.54, 1.807) is 36.4 Å². The number of aliphatic hydroxyl groups excluding tert-OH is 1. The summed E-state index contributed by atoms with van der Waals surface area (Å²) in [6.45, 7) is 11.4. The van der Waals surface area contributed by atoms with Crippen molar-refractivity contribution in [2.24, 2.45) is 17.8 Å². The molecule has 3 fully saturated rings. The number of rotatable bonds is 12. The number of benzene rings is 1. The Morgan fingerprint density at radius 1 is 1.33 bits per heavy atom. The van der Waals surface area contributed by atoms with Crippen molar-refractivity contribution in [1.29, 1.82) is 0 Å². The molecule has 0 saturated carbocycles. The molecule has 1 N–H and O–H groups in total. The minimum absolute atomic E-state index is 0.136. The lowest BCUT2D eigenvalue weighted by Gasteiger charge is -2.40. The van der Waals surface area contributed by atoms with Gasteiger partial charge in [-0.15, -0.1) is 13.2 Å². The molecule has 1 aromatic carbocycles. The van der Waals surface area contributed by atoms with Crippen molar-refractivity contribution < 1.29 is 29.0 Å². The number of alkyl halides is 1. The third-order valence-corrected chi connectivity index (χ3v) is 9.03. The van der Waals surface area contributed by atoms with Crippen molar-refractivity contribution in [2.45, 2.75) is 61.7 Å². The Kier molecular flexibility index (Phi) is 9.26. The number of ether oxygens (including phenoxy) is 2. The first-order valence-electron chi connectivity index (χ1n) is 13.3. The summed E-state index contributed by atoms with van der Waals surface area (Å²) in [6.07, 6.45) is 3.92. The van der Waals surface area contributed by atoms with E-state index >= 15 is 0 Å². The fourth-order valence-electron chi connectivity index (χ4n) is 6.42. The number of carbonyl (C=O) groups excluding carboxylic acids is 3. The number of amides is 2. The molecule has 3 unspecified atom stereocenters. The van der Waals surface area contributed by atoms with Gasteiger partial charge in [-0.25, -0.2) is 0 Å². The summed E-state index contributed by atoms with van der Waals surface area (Å²) in [7, 11) is 0. The SMILES string of the molecule is C=CCCOC(=O)[C@H]1[C@H]2C(=O)N([C@@H](CO)CC(C)C)C(C(=O)N(CC=C)c3ccccc3Cl)C23CC(Br)[C@@H]1O3. The summed E-state index contributed by atoms with van der Waals surface area (Å²) in [5.41, 5.74) is -0.802. The highest BCUT2D eigenvalue weighted by Gasteiger charge is 2.77. The number of aliphatic hydroxyl groups is 1. The number of halogens is 2. The second-order valence-electron chi connectivity index (χ2n) is 10.8. The van der Waals surface area contributed by atoms with Gasteiger partial charge in [-0.3, -0.25) is 14.4 Å². The zero-order chi connectivity index (χ0) is 28.5.